The molecule has 164 valence electrons. The van der Waals surface area contributed by atoms with E-state index in [0.29, 0.717) is 5.75 Å². The molecule has 0 radical (unpaired) electrons. The molecule has 1 aliphatic carbocycles. The first-order valence-corrected chi connectivity index (χ1v) is 11.4. The average molecular weight is 418 g/mol. The zero-order valence-corrected chi connectivity index (χ0v) is 18.6. The van der Waals surface area contributed by atoms with Crippen molar-refractivity contribution in [3.8, 4) is 11.5 Å². The molecule has 3 heteroatoms. The molecular weight excluding hydrogens is 382 g/mol. The van der Waals surface area contributed by atoms with E-state index in [9.17, 15) is 5.11 Å². The van der Waals surface area contributed by atoms with Crippen molar-refractivity contribution >= 4 is 0 Å². The number of hydrogen-bond acceptors (Lipinski definition) is 3. The highest BCUT2D eigenvalue weighted by atomic mass is 16.5. The Kier molecular flexibility index (Phi) is 9.46. The second-order valence-electron chi connectivity index (χ2n) is 8.35. The van der Waals surface area contributed by atoms with Gasteiger partial charge in [-0.25, -0.2) is 0 Å². The molecule has 0 atom stereocenters. The van der Waals surface area contributed by atoms with E-state index >= 15 is 0 Å². The molecule has 3 aromatic rings. The van der Waals surface area contributed by atoms with Gasteiger partial charge in [0.25, 0.3) is 0 Å². The van der Waals surface area contributed by atoms with Crippen molar-refractivity contribution in [2.75, 3.05) is 26.7 Å². The summed E-state index contributed by atoms with van der Waals surface area (Å²) in [6.07, 6.45) is 6.09. The number of phenols is 1. The molecule has 0 aromatic heterocycles. The molecule has 0 amide bonds. The topological polar surface area (TPSA) is 32.7 Å². The summed E-state index contributed by atoms with van der Waals surface area (Å²) < 4.78 is 5.63. The van der Waals surface area contributed by atoms with Gasteiger partial charge in [0.05, 0.1) is 6.61 Å². The van der Waals surface area contributed by atoms with Crippen molar-refractivity contribution in [1.29, 1.82) is 0 Å². The third-order valence-corrected chi connectivity index (χ3v) is 5.68. The van der Waals surface area contributed by atoms with Crippen LogP contribution in [-0.2, 0) is 12.8 Å². The predicted molar refractivity (Wildman–Crippen MR) is 129 cm³/mol. The molecular formula is C28H35NO2. The first-order chi connectivity index (χ1) is 15.2. The highest BCUT2D eigenvalue weighted by Gasteiger charge is 2.22. The summed E-state index contributed by atoms with van der Waals surface area (Å²) in [5, 5.41) is 9.19. The highest BCUT2D eigenvalue weighted by Crippen LogP contribution is 2.24. The van der Waals surface area contributed by atoms with Crippen molar-refractivity contribution in [3.63, 3.8) is 0 Å². The lowest BCUT2D eigenvalue weighted by Gasteiger charge is -2.36. The number of aryl methyl sites for hydroxylation is 2. The van der Waals surface area contributed by atoms with E-state index in [0.717, 1.165) is 24.7 Å². The summed E-state index contributed by atoms with van der Waals surface area (Å²) in [7, 11) is 2.16. The quantitative estimate of drug-likeness (QED) is 0.567. The Labute approximate surface area is 187 Å². The monoisotopic (exact) mass is 417 g/mol. The number of fused-ring (bicyclic) bond motifs is 1. The molecule has 1 saturated heterocycles. The van der Waals surface area contributed by atoms with Gasteiger partial charge in [-0.05, 0) is 80.5 Å². The number of aromatic hydroxyl groups is 1. The summed E-state index contributed by atoms with van der Waals surface area (Å²) in [5.41, 5.74) is 2.77. The maximum absolute atomic E-state index is 9.19. The molecule has 3 nitrogen and oxygen atoms in total. The summed E-state index contributed by atoms with van der Waals surface area (Å²) >= 11 is 0. The standard InChI is InChI=1S/C12H17NO.C10H12O.C6H6/c1-13-9-11(10-13)7-8-14-12-5-3-2-4-6-12;11-10-6-5-8-3-1-2-4-9(8)7-10;1-2-4-6-5-3-1/h2-6,11H,7-10H2,1H3;5-7,11H,1-4H2;1-6H. The first kappa shape index (κ1) is 22.9. The van der Waals surface area contributed by atoms with Gasteiger partial charge in [-0.15, -0.1) is 0 Å². The number of para-hydroxylation sites is 1. The maximum Gasteiger partial charge on any atom is 0.119 e. The minimum absolute atomic E-state index is 0.408. The number of benzene rings is 3. The van der Waals surface area contributed by atoms with Crippen LogP contribution >= 0.6 is 0 Å². The Morgan fingerprint density at radius 3 is 2.00 bits per heavy atom. The van der Waals surface area contributed by atoms with Crippen molar-refractivity contribution in [2.45, 2.75) is 32.1 Å². The Morgan fingerprint density at radius 1 is 0.806 bits per heavy atom. The van der Waals surface area contributed by atoms with Crippen LogP contribution in [0.5, 0.6) is 11.5 Å². The van der Waals surface area contributed by atoms with Crippen molar-refractivity contribution in [3.05, 3.63) is 96.1 Å². The minimum Gasteiger partial charge on any atom is -0.508 e. The fraction of sp³-hybridized carbons (Fsp3) is 0.357. The molecule has 1 N–H and O–H groups in total. The average Bonchev–Trinajstić information content (AvgIpc) is 2.80. The number of ether oxygens (including phenoxy) is 1. The molecule has 0 spiro atoms. The zero-order chi connectivity index (χ0) is 21.7. The number of nitrogens with zero attached hydrogens (tertiary/aromatic N) is 1. The van der Waals surface area contributed by atoms with Crippen LogP contribution in [0.2, 0.25) is 0 Å². The second-order valence-corrected chi connectivity index (χ2v) is 8.35. The van der Waals surface area contributed by atoms with E-state index in [-0.39, 0.29) is 0 Å². The van der Waals surface area contributed by atoms with Crippen LogP contribution in [0.15, 0.2) is 84.9 Å². The van der Waals surface area contributed by atoms with Gasteiger partial charge in [0, 0.05) is 13.1 Å². The normalized spacial score (nSPS) is 15.3. The Bertz CT molecular complexity index is 834. The fourth-order valence-corrected chi connectivity index (χ4v) is 3.98. The van der Waals surface area contributed by atoms with Gasteiger partial charge in [0.15, 0.2) is 0 Å². The van der Waals surface area contributed by atoms with Crippen LogP contribution in [0.4, 0.5) is 0 Å². The number of phenolic OH excluding ortho intramolecular Hbond substituents is 1. The molecule has 2 aliphatic rings. The summed E-state index contributed by atoms with van der Waals surface area (Å²) in [4.78, 5) is 2.34. The molecule has 3 aromatic carbocycles. The Morgan fingerprint density at radius 2 is 1.39 bits per heavy atom. The molecule has 0 saturated carbocycles. The van der Waals surface area contributed by atoms with Crippen molar-refractivity contribution in [1.82, 2.24) is 4.90 Å². The van der Waals surface area contributed by atoms with Crippen LogP contribution < -0.4 is 4.74 Å². The Balaban J connectivity index is 0.000000142. The van der Waals surface area contributed by atoms with E-state index in [2.05, 4.69) is 11.9 Å². The van der Waals surface area contributed by atoms with E-state index < -0.39 is 0 Å². The zero-order valence-electron chi connectivity index (χ0n) is 18.6. The minimum atomic E-state index is 0.408. The van der Waals surface area contributed by atoms with Gasteiger partial charge >= 0.3 is 0 Å². The lowest BCUT2D eigenvalue weighted by molar-refractivity contribution is 0.110. The van der Waals surface area contributed by atoms with Gasteiger partial charge in [-0.2, -0.15) is 0 Å². The van der Waals surface area contributed by atoms with E-state index in [1.165, 1.54) is 49.9 Å². The second kappa shape index (κ2) is 12.8. The molecule has 1 aliphatic heterocycles. The van der Waals surface area contributed by atoms with Crippen LogP contribution in [0, 0.1) is 5.92 Å². The summed E-state index contributed by atoms with van der Waals surface area (Å²) in [6.45, 7) is 3.32. The van der Waals surface area contributed by atoms with Crippen LogP contribution in [0.1, 0.15) is 30.4 Å². The van der Waals surface area contributed by atoms with E-state index in [1.54, 1.807) is 6.07 Å². The van der Waals surface area contributed by atoms with Crippen LogP contribution in [0.25, 0.3) is 0 Å². The predicted octanol–water partition coefficient (Wildman–Crippen LogP) is 5.97. The first-order valence-electron chi connectivity index (χ1n) is 11.4. The number of likely N-dealkylation sites (tertiary alicyclic amines) is 1. The van der Waals surface area contributed by atoms with E-state index in [1.807, 2.05) is 78.9 Å². The smallest absolute Gasteiger partial charge is 0.119 e. The molecule has 0 bridgehead atoms. The molecule has 1 fully saturated rings. The van der Waals surface area contributed by atoms with Gasteiger partial charge < -0.3 is 14.7 Å². The SMILES string of the molecule is CN1CC(CCOc2ccccc2)C1.Oc1ccc2c(c1)CCCC2.c1ccccc1. The number of hydrogen-bond donors (Lipinski definition) is 1. The summed E-state index contributed by atoms with van der Waals surface area (Å²) in [6, 6.07) is 27.8. The summed E-state index contributed by atoms with van der Waals surface area (Å²) in [5.74, 6) is 2.24. The van der Waals surface area contributed by atoms with Crippen LogP contribution in [-0.4, -0.2) is 36.8 Å². The third kappa shape index (κ3) is 8.47. The maximum atomic E-state index is 9.19. The van der Waals surface area contributed by atoms with Gasteiger partial charge in [-0.3, -0.25) is 0 Å². The fourth-order valence-electron chi connectivity index (χ4n) is 3.98. The number of rotatable bonds is 4. The van der Waals surface area contributed by atoms with E-state index in [4.69, 9.17) is 4.74 Å². The van der Waals surface area contributed by atoms with Gasteiger partial charge in [-0.1, -0.05) is 60.7 Å². The highest BCUT2D eigenvalue weighted by molar-refractivity contribution is 5.36. The molecule has 31 heavy (non-hydrogen) atoms. The van der Waals surface area contributed by atoms with Gasteiger partial charge in [0.1, 0.15) is 11.5 Å². The van der Waals surface area contributed by atoms with Crippen LogP contribution in [0.3, 0.4) is 0 Å². The largest absolute Gasteiger partial charge is 0.508 e. The lowest BCUT2D eigenvalue weighted by Crippen LogP contribution is -2.44. The lowest BCUT2D eigenvalue weighted by atomic mass is 9.92. The molecule has 1 heterocycles. The molecule has 0 unspecified atom stereocenters. The van der Waals surface area contributed by atoms with Crippen molar-refractivity contribution < 1.29 is 9.84 Å². The van der Waals surface area contributed by atoms with Crippen molar-refractivity contribution in [2.24, 2.45) is 5.92 Å². The van der Waals surface area contributed by atoms with Gasteiger partial charge in [0.2, 0.25) is 0 Å². The Hall–Kier alpha value is -2.78. The third-order valence-electron chi connectivity index (χ3n) is 5.68. The molecule has 5 rings (SSSR count).